The van der Waals surface area contributed by atoms with Crippen LogP contribution in [0.4, 0.5) is 5.69 Å². The average molecular weight is 318 g/mol. The highest BCUT2D eigenvalue weighted by molar-refractivity contribution is 7.88. The van der Waals surface area contributed by atoms with Crippen LogP contribution in [-0.2, 0) is 15.8 Å². The van der Waals surface area contributed by atoms with Gasteiger partial charge >= 0.3 is 0 Å². The zero-order chi connectivity index (χ0) is 16.3. The molecule has 3 N–H and O–H groups in total. The molecule has 0 atom stereocenters. The van der Waals surface area contributed by atoms with Crippen LogP contribution in [0.25, 0.3) is 0 Å². The minimum Gasteiger partial charge on any atom is -0.322 e. The topological polar surface area (TPSA) is 89.3 Å². The SMILES string of the molecule is Cc1cccc(C(=O)Nc2ccc(CS(N)(=O)=O)cc2)c1C. The third kappa shape index (κ3) is 4.16. The lowest BCUT2D eigenvalue weighted by atomic mass is 10.0. The number of anilines is 1. The smallest absolute Gasteiger partial charge is 0.255 e. The Labute approximate surface area is 130 Å². The van der Waals surface area contributed by atoms with Gasteiger partial charge in [0.2, 0.25) is 10.0 Å². The zero-order valence-electron chi connectivity index (χ0n) is 12.5. The van der Waals surface area contributed by atoms with Gasteiger partial charge in [-0.15, -0.1) is 0 Å². The highest BCUT2D eigenvalue weighted by Crippen LogP contribution is 2.16. The van der Waals surface area contributed by atoms with Crippen LogP contribution in [0.2, 0.25) is 0 Å². The van der Waals surface area contributed by atoms with Gasteiger partial charge in [-0.05, 0) is 48.7 Å². The quantitative estimate of drug-likeness (QED) is 0.906. The molecule has 0 aromatic heterocycles. The molecule has 2 aromatic rings. The third-order valence-corrected chi connectivity index (χ3v) is 4.16. The van der Waals surface area contributed by atoms with Gasteiger partial charge in [0, 0.05) is 11.3 Å². The molecule has 1 amide bonds. The number of carbonyl (C=O) groups excluding carboxylic acids is 1. The summed E-state index contributed by atoms with van der Waals surface area (Å²) >= 11 is 0. The molecule has 0 aliphatic rings. The molecule has 2 aromatic carbocycles. The summed E-state index contributed by atoms with van der Waals surface area (Å²) < 4.78 is 22.1. The van der Waals surface area contributed by atoms with E-state index in [-0.39, 0.29) is 11.7 Å². The van der Waals surface area contributed by atoms with E-state index in [0.29, 0.717) is 16.8 Å². The summed E-state index contributed by atoms with van der Waals surface area (Å²) in [6.07, 6.45) is 0. The van der Waals surface area contributed by atoms with E-state index in [1.54, 1.807) is 30.3 Å². The van der Waals surface area contributed by atoms with E-state index < -0.39 is 10.0 Å². The number of nitrogens with one attached hydrogen (secondary N) is 1. The van der Waals surface area contributed by atoms with Gasteiger partial charge in [-0.1, -0.05) is 24.3 Å². The molecule has 6 heteroatoms. The molecule has 0 radical (unpaired) electrons. The second-order valence-electron chi connectivity index (χ2n) is 5.21. The Balaban J connectivity index is 2.14. The molecule has 0 fully saturated rings. The van der Waals surface area contributed by atoms with Crippen molar-refractivity contribution in [3.05, 3.63) is 64.7 Å². The molecule has 2 rings (SSSR count). The second-order valence-corrected chi connectivity index (χ2v) is 6.82. The summed E-state index contributed by atoms with van der Waals surface area (Å²) in [5.41, 5.74) is 3.78. The van der Waals surface area contributed by atoms with Gasteiger partial charge in [0.05, 0.1) is 5.75 Å². The Morgan fingerprint density at radius 1 is 1.09 bits per heavy atom. The number of hydrogen-bond acceptors (Lipinski definition) is 3. The minimum absolute atomic E-state index is 0.194. The Hall–Kier alpha value is -2.18. The summed E-state index contributed by atoms with van der Waals surface area (Å²) in [4.78, 5) is 12.3. The summed E-state index contributed by atoms with van der Waals surface area (Å²) in [6, 6.07) is 12.1. The number of carbonyl (C=O) groups is 1. The largest absolute Gasteiger partial charge is 0.322 e. The summed E-state index contributed by atoms with van der Waals surface area (Å²) in [7, 11) is -3.55. The van der Waals surface area contributed by atoms with Crippen LogP contribution in [0.3, 0.4) is 0 Å². The van der Waals surface area contributed by atoms with E-state index in [4.69, 9.17) is 5.14 Å². The van der Waals surface area contributed by atoms with Crippen molar-refractivity contribution in [1.82, 2.24) is 0 Å². The van der Waals surface area contributed by atoms with Crippen molar-refractivity contribution in [1.29, 1.82) is 0 Å². The number of primary sulfonamides is 1. The maximum atomic E-state index is 12.3. The Morgan fingerprint density at radius 3 is 2.32 bits per heavy atom. The first-order valence-electron chi connectivity index (χ1n) is 6.73. The van der Waals surface area contributed by atoms with Gasteiger partial charge in [0.15, 0.2) is 0 Å². The molecular formula is C16H18N2O3S. The van der Waals surface area contributed by atoms with Crippen molar-refractivity contribution in [3.8, 4) is 0 Å². The fourth-order valence-electron chi connectivity index (χ4n) is 2.11. The number of benzene rings is 2. The molecule has 0 heterocycles. The maximum Gasteiger partial charge on any atom is 0.255 e. The van der Waals surface area contributed by atoms with Crippen molar-refractivity contribution in [3.63, 3.8) is 0 Å². The van der Waals surface area contributed by atoms with Crippen molar-refractivity contribution in [2.75, 3.05) is 5.32 Å². The minimum atomic E-state index is -3.55. The molecule has 116 valence electrons. The van der Waals surface area contributed by atoms with E-state index in [0.717, 1.165) is 11.1 Å². The summed E-state index contributed by atoms with van der Waals surface area (Å²) in [6.45, 7) is 3.85. The van der Waals surface area contributed by atoms with E-state index in [2.05, 4.69) is 5.32 Å². The highest BCUT2D eigenvalue weighted by Gasteiger charge is 2.11. The first-order chi connectivity index (χ1) is 10.3. The van der Waals surface area contributed by atoms with Crippen LogP contribution >= 0.6 is 0 Å². The number of sulfonamides is 1. The average Bonchev–Trinajstić information content (AvgIpc) is 2.42. The molecule has 0 spiro atoms. The summed E-state index contributed by atoms with van der Waals surface area (Å²) in [5, 5.41) is 7.79. The van der Waals surface area contributed by atoms with Gasteiger partial charge in [-0.2, -0.15) is 0 Å². The van der Waals surface area contributed by atoms with E-state index in [9.17, 15) is 13.2 Å². The monoisotopic (exact) mass is 318 g/mol. The Bertz CT molecular complexity index is 797. The fourth-order valence-corrected chi connectivity index (χ4v) is 2.77. The van der Waals surface area contributed by atoms with Crippen LogP contribution in [0.15, 0.2) is 42.5 Å². The second kappa shape index (κ2) is 6.29. The highest BCUT2D eigenvalue weighted by atomic mass is 32.2. The summed E-state index contributed by atoms with van der Waals surface area (Å²) in [5.74, 6) is -0.418. The normalized spacial score (nSPS) is 11.2. The fraction of sp³-hybridized carbons (Fsp3) is 0.188. The van der Waals surface area contributed by atoms with E-state index >= 15 is 0 Å². The number of aryl methyl sites for hydroxylation is 1. The zero-order valence-corrected chi connectivity index (χ0v) is 13.3. The first-order valence-corrected chi connectivity index (χ1v) is 8.45. The number of hydrogen-bond donors (Lipinski definition) is 2. The first kappa shape index (κ1) is 16.2. The lowest BCUT2D eigenvalue weighted by molar-refractivity contribution is 0.102. The number of rotatable bonds is 4. The molecule has 0 saturated heterocycles. The van der Waals surface area contributed by atoms with Crippen LogP contribution in [0.1, 0.15) is 27.0 Å². The lowest BCUT2D eigenvalue weighted by Gasteiger charge is -2.10. The van der Waals surface area contributed by atoms with Crippen molar-refractivity contribution >= 4 is 21.6 Å². The molecule has 22 heavy (non-hydrogen) atoms. The molecule has 0 unspecified atom stereocenters. The van der Waals surface area contributed by atoms with Gasteiger partial charge in [0.25, 0.3) is 5.91 Å². The van der Waals surface area contributed by atoms with Crippen LogP contribution in [-0.4, -0.2) is 14.3 Å². The maximum absolute atomic E-state index is 12.3. The molecular weight excluding hydrogens is 300 g/mol. The van der Waals surface area contributed by atoms with Crippen molar-refractivity contribution < 1.29 is 13.2 Å². The Kier molecular flexibility index (Phi) is 4.63. The molecule has 0 bridgehead atoms. The van der Waals surface area contributed by atoms with Crippen molar-refractivity contribution in [2.24, 2.45) is 5.14 Å². The van der Waals surface area contributed by atoms with Crippen LogP contribution in [0.5, 0.6) is 0 Å². The lowest BCUT2D eigenvalue weighted by Crippen LogP contribution is -2.15. The van der Waals surface area contributed by atoms with Gasteiger partial charge in [0.1, 0.15) is 0 Å². The predicted molar refractivity (Wildman–Crippen MR) is 87.1 cm³/mol. The molecule has 0 aliphatic carbocycles. The third-order valence-electron chi connectivity index (χ3n) is 3.43. The predicted octanol–water partition coefficient (Wildman–Crippen LogP) is 2.34. The van der Waals surface area contributed by atoms with E-state index in [1.807, 2.05) is 26.0 Å². The van der Waals surface area contributed by atoms with Gasteiger partial charge in [-0.25, -0.2) is 13.6 Å². The number of nitrogens with two attached hydrogens (primary N) is 1. The Morgan fingerprint density at radius 2 is 1.73 bits per heavy atom. The van der Waals surface area contributed by atoms with Gasteiger partial charge < -0.3 is 5.32 Å². The van der Waals surface area contributed by atoms with E-state index in [1.165, 1.54) is 0 Å². The molecule has 5 nitrogen and oxygen atoms in total. The van der Waals surface area contributed by atoms with Crippen LogP contribution in [0, 0.1) is 13.8 Å². The van der Waals surface area contributed by atoms with Crippen molar-refractivity contribution in [2.45, 2.75) is 19.6 Å². The molecule has 0 aliphatic heterocycles. The number of amides is 1. The standard InChI is InChI=1S/C16H18N2O3S/c1-11-4-3-5-15(12(11)2)16(19)18-14-8-6-13(7-9-14)10-22(17,20)21/h3-9H,10H2,1-2H3,(H,18,19)(H2,17,20,21). The molecule has 0 saturated carbocycles. The van der Waals surface area contributed by atoms with Crippen LogP contribution < -0.4 is 10.5 Å². The van der Waals surface area contributed by atoms with Gasteiger partial charge in [-0.3, -0.25) is 4.79 Å².